The highest BCUT2D eigenvalue weighted by molar-refractivity contribution is 5.83. The number of carbonyl (C=O) groups excluding carboxylic acids is 1. The van der Waals surface area contributed by atoms with Crippen LogP contribution in [0.3, 0.4) is 0 Å². The van der Waals surface area contributed by atoms with Crippen LogP contribution in [0.25, 0.3) is 0 Å². The molecular weight excluding hydrogens is 409 g/mol. The quantitative estimate of drug-likeness (QED) is 0.714. The van der Waals surface area contributed by atoms with Crippen LogP contribution in [0.2, 0.25) is 0 Å². The zero-order valence-electron chi connectivity index (χ0n) is 18.6. The molecule has 0 unspecified atom stereocenters. The number of carbonyl (C=O) groups is 1. The Labute approximate surface area is 188 Å². The lowest BCUT2D eigenvalue weighted by Gasteiger charge is -2.42. The average Bonchev–Trinajstić information content (AvgIpc) is 2.81. The molecule has 0 spiro atoms. The van der Waals surface area contributed by atoms with Crippen LogP contribution < -0.4 is 10.2 Å². The van der Waals surface area contributed by atoms with E-state index >= 15 is 0 Å². The van der Waals surface area contributed by atoms with E-state index in [0.717, 1.165) is 31.9 Å². The van der Waals surface area contributed by atoms with Crippen LogP contribution in [-0.2, 0) is 11.2 Å². The first-order valence-electron chi connectivity index (χ1n) is 11.3. The monoisotopic (exact) mass is 441 g/mol. The van der Waals surface area contributed by atoms with Gasteiger partial charge in [-0.2, -0.15) is 0 Å². The van der Waals surface area contributed by atoms with E-state index in [1.807, 2.05) is 18.0 Å². The standard InChI is InChI=1S/C24H32FN5O2/c1-29-13-8-23(9-14-29,15-19-5-2-3-6-20(19)25)22(31)28-17-24(32)7-4-12-30(18-24)21-16-26-10-11-27-21/h2-3,5-6,10-11,16,32H,4,7-9,12-15,17-18H2,1H3,(H,28,31)/t24-/m0/s1. The number of aromatic nitrogens is 2. The van der Waals surface area contributed by atoms with Gasteiger partial charge in [-0.25, -0.2) is 9.37 Å². The number of amides is 1. The number of aliphatic hydroxyl groups is 1. The number of anilines is 1. The van der Waals surface area contributed by atoms with Crippen LogP contribution >= 0.6 is 0 Å². The van der Waals surface area contributed by atoms with Gasteiger partial charge in [-0.15, -0.1) is 0 Å². The molecule has 8 heteroatoms. The van der Waals surface area contributed by atoms with E-state index < -0.39 is 11.0 Å². The Kier molecular flexibility index (Phi) is 6.71. The van der Waals surface area contributed by atoms with Crippen molar-refractivity contribution >= 4 is 11.7 Å². The smallest absolute Gasteiger partial charge is 0.226 e. The van der Waals surface area contributed by atoms with Crippen LogP contribution in [0, 0.1) is 11.2 Å². The molecule has 0 radical (unpaired) electrons. The minimum Gasteiger partial charge on any atom is -0.386 e. The summed E-state index contributed by atoms with van der Waals surface area (Å²) >= 11 is 0. The lowest BCUT2D eigenvalue weighted by atomic mass is 9.72. The summed E-state index contributed by atoms with van der Waals surface area (Å²) in [6, 6.07) is 6.68. The van der Waals surface area contributed by atoms with Crippen molar-refractivity contribution in [2.45, 2.75) is 37.7 Å². The van der Waals surface area contributed by atoms with Gasteiger partial charge in [0.25, 0.3) is 0 Å². The van der Waals surface area contributed by atoms with E-state index in [1.165, 1.54) is 6.07 Å². The highest BCUT2D eigenvalue weighted by Gasteiger charge is 2.43. The van der Waals surface area contributed by atoms with Gasteiger partial charge in [0, 0.05) is 32.0 Å². The third kappa shape index (κ3) is 5.07. The summed E-state index contributed by atoms with van der Waals surface area (Å²) in [6.07, 6.45) is 8.03. The van der Waals surface area contributed by atoms with Gasteiger partial charge in [0.05, 0.1) is 17.2 Å². The first-order chi connectivity index (χ1) is 15.4. The molecule has 4 rings (SSSR count). The number of nitrogens with one attached hydrogen (secondary N) is 1. The Morgan fingerprint density at radius 2 is 1.97 bits per heavy atom. The minimum absolute atomic E-state index is 0.0982. The van der Waals surface area contributed by atoms with E-state index in [9.17, 15) is 14.3 Å². The minimum atomic E-state index is -1.05. The van der Waals surface area contributed by atoms with Crippen molar-refractivity contribution in [3.8, 4) is 0 Å². The molecule has 2 N–H and O–H groups in total. The second-order valence-electron chi connectivity index (χ2n) is 9.35. The van der Waals surface area contributed by atoms with Crippen LogP contribution in [-0.4, -0.2) is 71.3 Å². The molecule has 2 aromatic rings. The van der Waals surface area contributed by atoms with E-state index in [4.69, 9.17) is 0 Å². The zero-order valence-corrected chi connectivity index (χ0v) is 18.6. The summed E-state index contributed by atoms with van der Waals surface area (Å²) in [7, 11) is 2.04. The van der Waals surface area contributed by atoms with Crippen molar-refractivity contribution in [3.05, 3.63) is 54.2 Å². The van der Waals surface area contributed by atoms with Gasteiger partial charge in [0.1, 0.15) is 11.6 Å². The Morgan fingerprint density at radius 1 is 1.19 bits per heavy atom. The number of benzene rings is 1. The van der Waals surface area contributed by atoms with Gasteiger partial charge in [-0.1, -0.05) is 18.2 Å². The van der Waals surface area contributed by atoms with Crippen LogP contribution in [0.1, 0.15) is 31.2 Å². The summed E-state index contributed by atoms with van der Waals surface area (Å²) < 4.78 is 14.4. The predicted octanol–water partition coefficient (Wildman–Crippen LogP) is 2.02. The van der Waals surface area contributed by atoms with Crippen molar-refractivity contribution in [3.63, 3.8) is 0 Å². The molecule has 2 saturated heterocycles. The molecule has 3 heterocycles. The van der Waals surface area contributed by atoms with E-state index in [1.54, 1.807) is 30.7 Å². The van der Waals surface area contributed by atoms with Crippen LogP contribution in [0.5, 0.6) is 0 Å². The molecule has 1 aromatic heterocycles. The summed E-state index contributed by atoms with van der Waals surface area (Å²) in [5, 5.41) is 14.3. The molecule has 32 heavy (non-hydrogen) atoms. The van der Waals surface area contributed by atoms with Crippen molar-refractivity contribution in [2.24, 2.45) is 5.41 Å². The van der Waals surface area contributed by atoms with Crippen molar-refractivity contribution in [2.75, 3.05) is 44.7 Å². The molecule has 7 nitrogen and oxygen atoms in total. The lowest BCUT2D eigenvalue weighted by Crippen LogP contribution is -2.57. The first kappa shape index (κ1) is 22.6. The first-order valence-corrected chi connectivity index (χ1v) is 11.3. The molecule has 2 fully saturated rings. The maximum atomic E-state index is 14.4. The molecule has 172 valence electrons. The number of halogens is 1. The normalized spacial score (nSPS) is 23.7. The Morgan fingerprint density at radius 3 is 2.69 bits per heavy atom. The number of β-amino-alcohol motifs (C(OH)–C–C–N with tert-alkyl or cyclic N) is 1. The van der Waals surface area contributed by atoms with Gasteiger partial charge in [0.2, 0.25) is 5.91 Å². The molecule has 1 amide bonds. The summed E-state index contributed by atoms with van der Waals surface area (Å²) in [4.78, 5) is 26.1. The van der Waals surface area contributed by atoms with Crippen LogP contribution in [0.4, 0.5) is 10.2 Å². The van der Waals surface area contributed by atoms with E-state index in [0.29, 0.717) is 37.8 Å². The Hall–Kier alpha value is -2.58. The highest BCUT2D eigenvalue weighted by atomic mass is 19.1. The lowest BCUT2D eigenvalue weighted by molar-refractivity contribution is -0.135. The molecule has 2 aliphatic heterocycles. The Bertz CT molecular complexity index is 920. The number of hydrogen-bond donors (Lipinski definition) is 2. The molecule has 2 aliphatic rings. The molecule has 0 aliphatic carbocycles. The number of piperidine rings is 2. The summed E-state index contributed by atoms with van der Waals surface area (Å²) in [5.41, 5.74) is -1.15. The molecule has 1 atom stereocenters. The topological polar surface area (TPSA) is 81.6 Å². The van der Waals surface area contributed by atoms with Crippen molar-refractivity contribution in [1.29, 1.82) is 0 Å². The van der Waals surface area contributed by atoms with Gasteiger partial charge in [-0.3, -0.25) is 9.78 Å². The van der Waals surface area contributed by atoms with Gasteiger partial charge in [0.15, 0.2) is 0 Å². The summed E-state index contributed by atoms with van der Waals surface area (Å²) in [6.45, 7) is 2.91. The molecule has 1 aromatic carbocycles. The molecule has 0 bridgehead atoms. The highest BCUT2D eigenvalue weighted by Crippen LogP contribution is 2.36. The van der Waals surface area contributed by atoms with Crippen molar-refractivity contribution < 1.29 is 14.3 Å². The number of nitrogens with zero attached hydrogens (tertiary/aromatic N) is 4. The van der Waals surface area contributed by atoms with Crippen molar-refractivity contribution in [1.82, 2.24) is 20.2 Å². The number of hydrogen-bond acceptors (Lipinski definition) is 6. The Balaban J connectivity index is 1.45. The van der Waals surface area contributed by atoms with Gasteiger partial charge >= 0.3 is 0 Å². The fourth-order valence-corrected chi connectivity index (χ4v) is 4.88. The number of likely N-dealkylation sites (tertiary alicyclic amines) is 1. The maximum absolute atomic E-state index is 14.4. The second-order valence-corrected chi connectivity index (χ2v) is 9.35. The predicted molar refractivity (Wildman–Crippen MR) is 121 cm³/mol. The average molecular weight is 442 g/mol. The largest absolute Gasteiger partial charge is 0.386 e. The van der Waals surface area contributed by atoms with E-state index in [-0.39, 0.29) is 18.3 Å². The van der Waals surface area contributed by atoms with Gasteiger partial charge in [-0.05, 0) is 63.9 Å². The molecular formula is C24H32FN5O2. The maximum Gasteiger partial charge on any atom is 0.226 e. The third-order valence-corrected chi connectivity index (χ3v) is 6.92. The summed E-state index contributed by atoms with van der Waals surface area (Å²) in [5.74, 6) is 0.353. The third-order valence-electron chi connectivity index (χ3n) is 6.92. The van der Waals surface area contributed by atoms with E-state index in [2.05, 4.69) is 20.2 Å². The molecule has 0 saturated carbocycles. The fraction of sp³-hybridized carbons (Fsp3) is 0.542. The zero-order chi connectivity index (χ0) is 22.6. The van der Waals surface area contributed by atoms with Crippen LogP contribution in [0.15, 0.2) is 42.9 Å². The second kappa shape index (κ2) is 9.50. The fourth-order valence-electron chi connectivity index (χ4n) is 4.88. The number of rotatable bonds is 6. The van der Waals surface area contributed by atoms with Gasteiger partial charge < -0.3 is 20.2 Å². The SMILES string of the molecule is CN1CCC(Cc2ccccc2F)(C(=O)NC[C@@]2(O)CCCN(c3cnccn3)C2)CC1.